The number of rotatable bonds is 9. The van der Waals surface area contributed by atoms with E-state index in [2.05, 4.69) is 15.5 Å². The van der Waals surface area contributed by atoms with Crippen molar-refractivity contribution in [1.82, 2.24) is 20.4 Å². The predicted octanol–water partition coefficient (Wildman–Crippen LogP) is 1.20. The van der Waals surface area contributed by atoms with Gasteiger partial charge in [-0.05, 0) is 11.1 Å². The Morgan fingerprint density at radius 1 is 0.742 bits per heavy atom. The van der Waals surface area contributed by atoms with E-state index in [4.69, 9.17) is 0 Å². The molecule has 3 rings (SSSR count). The molecule has 31 heavy (non-hydrogen) atoms. The molecular weight excluding hydrogens is 392 g/mol. The molecule has 0 spiro atoms. The highest BCUT2D eigenvalue weighted by Gasteiger charge is 2.22. The summed E-state index contributed by atoms with van der Waals surface area (Å²) in [4.78, 5) is 40.4. The lowest BCUT2D eigenvalue weighted by molar-refractivity contribution is -0.133. The van der Waals surface area contributed by atoms with Crippen LogP contribution in [0.5, 0.6) is 0 Å². The fourth-order valence-electron chi connectivity index (χ4n) is 3.52. The van der Waals surface area contributed by atoms with Crippen molar-refractivity contribution in [2.45, 2.75) is 19.4 Å². The Bertz CT molecular complexity index is 850. The van der Waals surface area contributed by atoms with Gasteiger partial charge in [-0.1, -0.05) is 60.7 Å². The van der Waals surface area contributed by atoms with Crippen LogP contribution in [0.25, 0.3) is 0 Å². The van der Waals surface area contributed by atoms with E-state index in [1.807, 2.05) is 65.6 Å². The summed E-state index contributed by atoms with van der Waals surface area (Å²) in [5, 5.41) is 5.75. The Hall–Kier alpha value is -3.19. The summed E-state index contributed by atoms with van der Waals surface area (Å²) in [6.45, 7) is 3.74. The molecule has 1 saturated heterocycles. The van der Waals surface area contributed by atoms with Crippen LogP contribution in [0.4, 0.5) is 0 Å². The Kier molecular flexibility index (Phi) is 8.60. The van der Waals surface area contributed by atoms with Crippen molar-refractivity contribution < 1.29 is 14.4 Å². The zero-order chi connectivity index (χ0) is 21.9. The topological polar surface area (TPSA) is 81.8 Å². The van der Waals surface area contributed by atoms with E-state index >= 15 is 0 Å². The highest BCUT2D eigenvalue weighted by Crippen LogP contribution is 2.04. The maximum absolute atomic E-state index is 12.4. The SMILES string of the molecule is O=C(Cc1ccccc1)NCCC(=O)N1CCN(CC(=O)NCc2ccccc2)CC1. The molecule has 0 radical (unpaired) electrons. The molecule has 1 heterocycles. The summed E-state index contributed by atoms with van der Waals surface area (Å²) in [5.41, 5.74) is 2.03. The third-order valence-electron chi connectivity index (χ3n) is 5.29. The molecule has 0 unspecified atom stereocenters. The minimum atomic E-state index is -0.0784. The van der Waals surface area contributed by atoms with Crippen LogP contribution < -0.4 is 10.6 Å². The first-order valence-corrected chi connectivity index (χ1v) is 10.7. The van der Waals surface area contributed by atoms with Gasteiger partial charge in [0.05, 0.1) is 13.0 Å². The van der Waals surface area contributed by atoms with E-state index in [-0.39, 0.29) is 24.1 Å². The van der Waals surface area contributed by atoms with Crippen LogP contribution >= 0.6 is 0 Å². The van der Waals surface area contributed by atoms with Crippen molar-refractivity contribution in [3.63, 3.8) is 0 Å². The lowest BCUT2D eigenvalue weighted by Gasteiger charge is -2.34. The fraction of sp³-hybridized carbons (Fsp3) is 0.375. The zero-order valence-electron chi connectivity index (χ0n) is 17.8. The first kappa shape index (κ1) is 22.5. The Balaban J connectivity index is 1.28. The quantitative estimate of drug-likeness (QED) is 0.636. The fourth-order valence-corrected chi connectivity index (χ4v) is 3.52. The largest absolute Gasteiger partial charge is 0.355 e. The van der Waals surface area contributed by atoms with Crippen LogP contribution in [0.2, 0.25) is 0 Å². The van der Waals surface area contributed by atoms with Crippen molar-refractivity contribution in [3.05, 3.63) is 71.8 Å². The van der Waals surface area contributed by atoms with Gasteiger partial charge in [0.2, 0.25) is 17.7 Å². The normalized spacial score (nSPS) is 14.1. The molecule has 0 aliphatic carbocycles. The monoisotopic (exact) mass is 422 g/mol. The average Bonchev–Trinajstić information content (AvgIpc) is 2.79. The molecule has 1 fully saturated rings. The van der Waals surface area contributed by atoms with Crippen molar-refractivity contribution >= 4 is 17.7 Å². The van der Waals surface area contributed by atoms with Gasteiger partial charge in [0.25, 0.3) is 0 Å². The number of hydrogen-bond acceptors (Lipinski definition) is 4. The van der Waals surface area contributed by atoms with Gasteiger partial charge >= 0.3 is 0 Å². The van der Waals surface area contributed by atoms with Gasteiger partial charge < -0.3 is 15.5 Å². The average molecular weight is 423 g/mol. The minimum absolute atomic E-state index is 0.00948. The summed E-state index contributed by atoms with van der Waals surface area (Å²) in [6, 6.07) is 19.3. The number of hydrogen-bond donors (Lipinski definition) is 2. The molecule has 7 nitrogen and oxygen atoms in total. The second kappa shape index (κ2) is 11.9. The summed E-state index contributed by atoms with van der Waals surface area (Å²) >= 11 is 0. The second-order valence-corrected chi connectivity index (χ2v) is 7.68. The second-order valence-electron chi connectivity index (χ2n) is 7.68. The third-order valence-corrected chi connectivity index (χ3v) is 5.29. The molecule has 7 heteroatoms. The smallest absolute Gasteiger partial charge is 0.234 e. The maximum atomic E-state index is 12.4. The molecule has 0 bridgehead atoms. The zero-order valence-corrected chi connectivity index (χ0v) is 17.8. The van der Waals surface area contributed by atoms with Crippen LogP contribution in [0.3, 0.4) is 0 Å². The summed E-state index contributed by atoms with van der Waals surface area (Å²) in [6.07, 6.45) is 0.609. The van der Waals surface area contributed by atoms with Gasteiger partial charge in [-0.25, -0.2) is 0 Å². The van der Waals surface area contributed by atoms with E-state index in [1.165, 1.54) is 0 Å². The number of nitrogens with one attached hydrogen (secondary N) is 2. The van der Waals surface area contributed by atoms with Crippen molar-refractivity contribution in [2.75, 3.05) is 39.3 Å². The van der Waals surface area contributed by atoms with Gasteiger partial charge in [0, 0.05) is 45.7 Å². The van der Waals surface area contributed by atoms with Crippen LogP contribution in [0, 0.1) is 0 Å². The number of benzene rings is 2. The first-order chi connectivity index (χ1) is 15.1. The highest BCUT2D eigenvalue weighted by atomic mass is 16.2. The predicted molar refractivity (Wildman–Crippen MR) is 119 cm³/mol. The number of nitrogens with zero attached hydrogens (tertiary/aromatic N) is 2. The minimum Gasteiger partial charge on any atom is -0.355 e. The number of carbonyl (C=O) groups is 3. The van der Waals surface area contributed by atoms with Crippen LogP contribution in [0.1, 0.15) is 17.5 Å². The molecule has 0 saturated carbocycles. The Labute approximate surface area is 183 Å². The molecule has 0 atom stereocenters. The van der Waals surface area contributed by atoms with Gasteiger partial charge in [0.1, 0.15) is 0 Å². The van der Waals surface area contributed by atoms with Crippen molar-refractivity contribution in [2.24, 2.45) is 0 Å². The summed E-state index contributed by atoms with van der Waals surface area (Å²) in [5.74, 6) is -0.0525. The van der Waals surface area contributed by atoms with Crippen molar-refractivity contribution in [1.29, 1.82) is 0 Å². The van der Waals surface area contributed by atoms with E-state index < -0.39 is 0 Å². The Morgan fingerprint density at radius 2 is 1.35 bits per heavy atom. The third kappa shape index (κ3) is 7.86. The molecule has 3 amide bonds. The van der Waals surface area contributed by atoms with Gasteiger partial charge in [-0.2, -0.15) is 0 Å². The summed E-state index contributed by atoms with van der Waals surface area (Å²) in [7, 11) is 0. The lowest BCUT2D eigenvalue weighted by atomic mass is 10.1. The molecule has 2 N–H and O–H groups in total. The molecule has 0 aromatic heterocycles. The van der Waals surface area contributed by atoms with E-state index in [1.54, 1.807) is 0 Å². The summed E-state index contributed by atoms with van der Waals surface area (Å²) < 4.78 is 0. The van der Waals surface area contributed by atoms with Gasteiger partial charge in [-0.3, -0.25) is 19.3 Å². The van der Waals surface area contributed by atoms with Crippen LogP contribution in [-0.2, 0) is 27.3 Å². The molecule has 164 valence electrons. The molecule has 1 aliphatic rings. The molecule has 1 aliphatic heterocycles. The lowest BCUT2D eigenvalue weighted by Crippen LogP contribution is -2.51. The van der Waals surface area contributed by atoms with Crippen LogP contribution in [-0.4, -0.2) is 66.8 Å². The van der Waals surface area contributed by atoms with Crippen LogP contribution in [0.15, 0.2) is 60.7 Å². The maximum Gasteiger partial charge on any atom is 0.234 e. The molecule has 2 aromatic rings. The molecule has 2 aromatic carbocycles. The highest BCUT2D eigenvalue weighted by molar-refractivity contribution is 5.80. The van der Waals surface area contributed by atoms with Gasteiger partial charge in [0.15, 0.2) is 0 Å². The number of carbonyl (C=O) groups excluding carboxylic acids is 3. The molecular formula is C24H30N4O3. The van der Waals surface area contributed by atoms with Gasteiger partial charge in [-0.15, -0.1) is 0 Å². The number of amides is 3. The standard InChI is InChI=1S/C24H30N4O3/c29-22(17-20-7-3-1-4-8-20)25-12-11-24(31)28-15-13-27(14-16-28)19-23(30)26-18-21-9-5-2-6-10-21/h1-10H,11-19H2,(H,25,29)(H,26,30). The van der Waals surface area contributed by atoms with Crippen molar-refractivity contribution in [3.8, 4) is 0 Å². The number of piperazine rings is 1. The van der Waals surface area contributed by atoms with E-state index in [0.29, 0.717) is 52.2 Å². The van der Waals surface area contributed by atoms with E-state index in [0.717, 1.165) is 11.1 Å². The van der Waals surface area contributed by atoms with E-state index in [9.17, 15) is 14.4 Å². The Morgan fingerprint density at radius 3 is 2.00 bits per heavy atom. The first-order valence-electron chi connectivity index (χ1n) is 10.7.